The van der Waals surface area contributed by atoms with E-state index >= 15 is 4.39 Å². The number of imidazole rings is 2. The van der Waals surface area contributed by atoms with Gasteiger partial charge in [0.2, 0.25) is 11.8 Å². The van der Waals surface area contributed by atoms with Gasteiger partial charge in [-0.1, -0.05) is 41.5 Å². The van der Waals surface area contributed by atoms with Crippen molar-refractivity contribution in [2.45, 2.75) is 102 Å². The molecule has 3 aliphatic heterocycles. The number of alkyl halides is 4. The van der Waals surface area contributed by atoms with Gasteiger partial charge >= 0.3 is 12.2 Å². The number of fused-ring (bicyclic) bond motifs is 2. The number of hydrogen-bond acceptors (Lipinski definition) is 9. The number of aromatic amines is 2. The Labute approximate surface area is 365 Å². The number of H-pyrrole nitrogens is 2. The fourth-order valence-electron chi connectivity index (χ4n) is 8.65. The summed E-state index contributed by atoms with van der Waals surface area (Å²) in [5, 5.41) is 4.94. The number of carbonyl (C=O) groups is 4. The molecule has 2 aromatic heterocycles. The lowest BCUT2D eigenvalue weighted by Crippen LogP contribution is -2.55. The van der Waals surface area contributed by atoms with Crippen LogP contribution < -0.4 is 15.4 Å². The Hall–Kier alpha value is -6.21. The Bertz CT molecular complexity index is 2450. The van der Waals surface area contributed by atoms with Crippen LogP contribution in [0.1, 0.15) is 95.7 Å². The lowest BCUT2D eigenvalue weighted by molar-refractivity contribution is -0.147. The number of aromatic nitrogens is 4. The highest BCUT2D eigenvalue weighted by atomic mass is 19.3. The van der Waals surface area contributed by atoms with Gasteiger partial charge in [-0.3, -0.25) is 9.59 Å². The minimum atomic E-state index is -3.26. The number of nitrogens with one attached hydrogen (secondary N) is 4. The molecule has 3 aliphatic rings. The van der Waals surface area contributed by atoms with Crippen LogP contribution in [0.15, 0.2) is 42.7 Å². The molecule has 0 radical (unpaired) electrons. The number of likely N-dealkylation sites (tertiary alicyclic amines) is 2. The summed E-state index contributed by atoms with van der Waals surface area (Å²) in [7, 11) is 2.29. The van der Waals surface area contributed by atoms with Crippen LogP contribution >= 0.6 is 0 Å². The van der Waals surface area contributed by atoms with Crippen LogP contribution in [0.25, 0.3) is 22.5 Å². The second kappa shape index (κ2) is 17.1. The third kappa shape index (κ3) is 8.82. The maximum Gasteiger partial charge on any atom is 0.407 e. The summed E-state index contributed by atoms with van der Waals surface area (Å²) in [6.07, 6.45) is -0.856. The van der Waals surface area contributed by atoms with Crippen molar-refractivity contribution in [3.8, 4) is 34.0 Å². The fourth-order valence-corrected chi connectivity index (χ4v) is 8.65. The summed E-state index contributed by atoms with van der Waals surface area (Å²) in [6.45, 7) is 9.35. The van der Waals surface area contributed by atoms with E-state index in [4.69, 9.17) is 4.74 Å². The predicted molar refractivity (Wildman–Crippen MR) is 221 cm³/mol. The first-order chi connectivity index (χ1) is 30.0. The highest BCUT2D eigenvalue weighted by Crippen LogP contribution is 2.51. The molecule has 4 N–H and O–H groups in total. The molecule has 0 spiro atoms. The number of carbonyl (C=O) groups excluding carboxylic acids is 4. The van der Waals surface area contributed by atoms with Crippen LogP contribution in [0, 0.1) is 17.7 Å². The zero-order chi connectivity index (χ0) is 46.6. The van der Waals surface area contributed by atoms with Gasteiger partial charge in [0.05, 0.1) is 50.4 Å². The number of alkyl carbamates (subject to hydrolysis) is 2. The first-order valence-corrected chi connectivity index (χ1v) is 20.9. The summed E-state index contributed by atoms with van der Waals surface area (Å²) in [5.74, 6) is -8.23. The topological polar surface area (TPSA) is 184 Å². The van der Waals surface area contributed by atoms with E-state index in [1.165, 1.54) is 23.2 Å². The van der Waals surface area contributed by atoms with E-state index in [0.717, 1.165) is 19.1 Å². The molecule has 1 unspecified atom stereocenters. The van der Waals surface area contributed by atoms with Gasteiger partial charge in [-0.15, -0.1) is 0 Å². The summed E-state index contributed by atoms with van der Waals surface area (Å²) in [6, 6.07) is 3.53. The van der Waals surface area contributed by atoms with Gasteiger partial charge in [-0.2, -0.15) is 0 Å². The number of methoxy groups -OCH3 is 2. The van der Waals surface area contributed by atoms with Crippen molar-refractivity contribution in [2.24, 2.45) is 11.8 Å². The largest absolute Gasteiger partial charge is 0.457 e. The van der Waals surface area contributed by atoms with Crippen molar-refractivity contribution in [3.05, 3.63) is 71.3 Å². The molecule has 0 bridgehead atoms. The molecule has 20 heteroatoms. The molecule has 344 valence electrons. The van der Waals surface area contributed by atoms with Crippen molar-refractivity contribution < 1.29 is 55.3 Å². The first kappa shape index (κ1) is 45.8. The molecule has 7 rings (SSSR count). The maximum absolute atomic E-state index is 16.2. The zero-order valence-electron chi connectivity index (χ0n) is 36.6. The van der Waals surface area contributed by atoms with Crippen molar-refractivity contribution in [2.75, 3.05) is 27.3 Å². The third-order valence-corrected chi connectivity index (χ3v) is 12.2. The van der Waals surface area contributed by atoms with Gasteiger partial charge in [-0.05, 0) is 42.2 Å². The number of amides is 4. The molecule has 5 heterocycles. The molecule has 0 aliphatic carbocycles. The molecule has 2 aromatic carbocycles. The van der Waals surface area contributed by atoms with Gasteiger partial charge in [-0.25, -0.2) is 41.5 Å². The van der Waals surface area contributed by atoms with Crippen LogP contribution in [-0.4, -0.2) is 105 Å². The normalized spacial score (nSPS) is 20.5. The minimum Gasteiger partial charge on any atom is -0.457 e. The van der Waals surface area contributed by atoms with Crippen LogP contribution in [-0.2, 0) is 24.5 Å². The van der Waals surface area contributed by atoms with Crippen molar-refractivity contribution in [3.63, 3.8) is 0 Å². The van der Waals surface area contributed by atoms with Gasteiger partial charge in [0.25, 0.3) is 11.8 Å². The Morgan fingerprint density at radius 2 is 1.42 bits per heavy atom. The van der Waals surface area contributed by atoms with E-state index < -0.39 is 103 Å². The Kier molecular flexibility index (Phi) is 12.2. The van der Waals surface area contributed by atoms with Gasteiger partial charge in [0.15, 0.2) is 0 Å². The van der Waals surface area contributed by atoms with Crippen molar-refractivity contribution in [1.29, 1.82) is 0 Å². The molecule has 2 saturated heterocycles. The molecule has 4 aromatic rings. The Balaban J connectivity index is 1.14. The molecule has 2 fully saturated rings. The van der Waals surface area contributed by atoms with E-state index in [0.29, 0.717) is 33.9 Å². The summed E-state index contributed by atoms with van der Waals surface area (Å²) >= 11 is 0. The van der Waals surface area contributed by atoms with E-state index in [-0.39, 0.29) is 35.4 Å². The Morgan fingerprint density at radius 3 is 2.05 bits per heavy atom. The van der Waals surface area contributed by atoms with Crippen molar-refractivity contribution in [1.82, 2.24) is 40.4 Å². The number of hydrogen-bond donors (Lipinski definition) is 4. The van der Waals surface area contributed by atoms with Crippen LogP contribution in [0.2, 0.25) is 0 Å². The number of halogens is 5. The maximum atomic E-state index is 16.2. The predicted octanol–water partition coefficient (Wildman–Crippen LogP) is 8.01. The SMILES string of the molecule is COC(=O)N[C@H](C(=O)N1CCC(F)(F)CC1c1nc(-c2ccc3c(c2)C(C)(C)c2cc(F)c(-c4cnc([C@@H]5CC(F)(F)CN5C(=O)[C@@H](NC(=O)OC)C(C)C)[nH]4)cc2O3)c[nH]1)C(C)C. The average Bonchev–Trinajstić information content (AvgIpc) is 4.00. The number of piperidine rings is 1. The van der Waals surface area contributed by atoms with E-state index in [1.54, 1.807) is 46.0 Å². The Morgan fingerprint density at radius 1 is 0.828 bits per heavy atom. The molecule has 4 amide bonds. The van der Waals surface area contributed by atoms with Gasteiger partial charge < -0.3 is 44.6 Å². The third-order valence-electron chi connectivity index (χ3n) is 12.2. The number of rotatable bonds is 10. The fraction of sp³-hybridized carbons (Fsp3) is 0.500. The number of nitrogens with zero attached hydrogens (tertiary/aromatic N) is 4. The van der Waals surface area contributed by atoms with Gasteiger partial charge in [0.1, 0.15) is 41.0 Å². The molecule has 0 saturated carbocycles. The molecule has 64 heavy (non-hydrogen) atoms. The number of benzene rings is 2. The minimum absolute atomic E-state index is 0.00528. The van der Waals surface area contributed by atoms with Gasteiger partial charge in [0, 0.05) is 59.7 Å². The van der Waals surface area contributed by atoms with E-state index in [2.05, 4.69) is 40.0 Å². The smallest absolute Gasteiger partial charge is 0.407 e. The highest BCUT2D eigenvalue weighted by molar-refractivity contribution is 5.87. The van der Waals surface area contributed by atoms with Crippen LogP contribution in [0.4, 0.5) is 31.5 Å². The number of ether oxygens (including phenoxy) is 3. The lowest BCUT2D eigenvalue weighted by Gasteiger charge is -2.40. The highest BCUT2D eigenvalue weighted by Gasteiger charge is 2.51. The zero-order valence-corrected chi connectivity index (χ0v) is 36.6. The standard InChI is InChI=1S/C44H51F5N8O7/c1-21(2)34(54-40(60)62-7)38(58)56-12-11-43(46,47)16-30(56)36-50-18-28(52-36)23-9-10-32-25(13-23)42(5,6)26-15-27(45)24(14-33(26)64-32)29-19-51-37(53-29)31-17-44(48,49)20-57(31)39(59)35(22(3)4)55-41(61)63-8/h9-10,13-15,18-19,21-22,30-31,34-35H,11-12,16-17,20H2,1-8H3,(H,50,52)(H,51,53)(H,54,60)(H,55,61)/t30?,31-,34-,35-/m0/s1. The lowest BCUT2D eigenvalue weighted by atomic mass is 9.75. The molecule has 4 atom stereocenters. The summed E-state index contributed by atoms with van der Waals surface area (Å²) < 4.78 is 91.6. The second-order valence-corrected chi connectivity index (χ2v) is 17.7. The van der Waals surface area contributed by atoms with E-state index in [1.807, 2.05) is 19.9 Å². The van der Waals surface area contributed by atoms with E-state index in [9.17, 15) is 36.7 Å². The van der Waals surface area contributed by atoms with Crippen LogP contribution in [0.5, 0.6) is 11.5 Å². The molecular weight excluding hydrogens is 848 g/mol. The first-order valence-electron chi connectivity index (χ1n) is 20.9. The average molecular weight is 899 g/mol. The summed E-state index contributed by atoms with van der Waals surface area (Å²) in [5.41, 5.74) is 1.47. The van der Waals surface area contributed by atoms with Crippen molar-refractivity contribution >= 4 is 24.0 Å². The van der Waals surface area contributed by atoms with Crippen LogP contribution in [0.3, 0.4) is 0 Å². The summed E-state index contributed by atoms with van der Waals surface area (Å²) in [4.78, 5) is 68.6. The molecule has 15 nitrogen and oxygen atoms in total. The molecular formula is C44H51F5N8O7. The second-order valence-electron chi connectivity index (χ2n) is 17.7. The monoisotopic (exact) mass is 898 g/mol. The quantitative estimate of drug-likeness (QED) is 0.115.